The van der Waals surface area contributed by atoms with Crippen molar-refractivity contribution in [1.29, 1.82) is 0 Å². The monoisotopic (exact) mass is 579 g/mol. The van der Waals surface area contributed by atoms with Gasteiger partial charge in [-0.2, -0.15) is 0 Å². The highest BCUT2D eigenvalue weighted by Gasteiger charge is 2.22. The summed E-state index contributed by atoms with van der Waals surface area (Å²) in [5.41, 5.74) is 8.64. The maximum absolute atomic E-state index is 13.9. The van der Waals surface area contributed by atoms with Gasteiger partial charge in [0.1, 0.15) is 0 Å². The van der Waals surface area contributed by atoms with Crippen molar-refractivity contribution in [1.82, 2.24) is 0 Å². The zero-order valence-corrected chi connectivity index (χ0v) is 23.3. The fraction of sp³-hybridized carbons (Fsp3) is 0. The number of carbonyl (C=O) groups is 1. The summed E-state index contributed by atoms with van der Waals surface area (Å²) in [6, 6.07) is 53.1. The predicted octanol–water partition coefficient (Wildman–Crippen LogP) is 10.5. The smallest absolute Gasteiger partial charge is 0.196 e. The summed E-state index contributed by atoms with van der Waals surface area (Å²) < 4.78 is 0.779. The molecule has 0 N–H and O–H groups in total. The lowest BCUT2D eigenvalue weighted by molar-refractivity contribution is 0.103. The van der Waals surface area contributed by atoms with Crippen molar-refractivity contribution in [3.05, 3.63) is 173 Å². The minimum Gasteiger partial charge on any atom is -0.310 e. The molecule has 0 aromatic heterocycles. The van der Waals surface area contributed by atoms with Crippen LogP contribution in [-0.4, -0.2) is 5.78 Å². The van der Waals surface area contributed by atoms with Crippen molar-refractivity contribution in [2.75, 3.05) is 4.90 Å². The van der Waals surface area contributed by atoms with Crippen LogP contribution in [0.1, 0.15) is 15.9 Å². The summed E-state index contributed by atoms with van der Waals surface area (Å²) in [4.78, 5) is 16.0. The summed E-state index contributed by atoms with van der Waals surface area (Å²) in [6.07, 6.45) is 0. The van der Waals surface area contributed by atoms with Gasteiger partial charge < -0.3 is 4.90 Å². The molecule has 0 spiro atoms. The molecule has 2 nitrogen and oxygen atoms in total. The van der Waals surface area contributed by atoms with E-state index in [1.165, 1.54) is 0 Å². The van der Waals surface area contributed by atoms with E-state index < -0.39 is 0 Å². The molecule has 0 aliphatic carbocycles. The van der Waals surface area contributed by atoms with Gasteiger partial charge in [-0.15, -0.1) is 0 Å². The molecule has 3 heteroatoms. The van der Waals surface area contributed by atoms with Gasteiger partial charge in [-0.1, -0.05) is 125 Å². The topological polar surface area (TPSA) is 20.3 Å². The number of carbonyl (C=O) groups excluding carboxylic acids is 1. The van der Waals surface area contributed by atoms with Gasteiger partial charge in [-0.25, -0.2) is 0 Å². The van der Waals surface area contributed by atoms with E-state index in [4.69, 9.17) is 0 Å². The summed E-state index contributed by atoms with van der Waals surface area (Å²) in [6.45, 7) is 0. The molecule has 0 fully saturated rings. The Morgan fingerprint density at radius 3 is 1.32 bits per heavy atom. The third-order valence-corrected chi connectivity index (χ3v) is 7.66. The first-order valence-corrected chi connectivity index (χ1v) is 14.0. The number of hydrogen-bond acceptors (Lipinski definition) is 2. The van der Waals surface area contributed by atoms with E-state index in [1.54, 1.807) is 0 Å². The van der Waals surface area contributed by atoms with E-state index in [0.717, 1.165) is 43.8 Å². The van der Waals surface area contributed by atoms with Crippen LogP contribution in [0, 0.1) is 0 Å². The SMILES string of the molecule is O=C(c1ccccc1Br)c1ccccc1N(c1ccc(-c2ccccc2)cc1)c1ccc(-c2ccccc2)cc1. The lowest BCUT2D eigenvalue weighted by Gasteiger charge is -2.28. The standard InChI is InChI=1S/C37H26BrNO/c38-35-17-9-7-15-33(35)37(40)34-16-8-10-18-36(34)39(31-23-19-29(20-24-31)27-11-3-1-4-12-27)32-25-21-30(22-26-32)28-13-5-2-6-14-28/h1-26H. The molecule has 0 heterocycles. The maximum atomic E-state index is 13.9. The van der Waals surface area contributed by atoms with Gasteiger partial charge in [-0.05, 0) is 70.8 Å². The van der Waals surface area contributed by atoms with Crippen molar-refractivity contribution in [2.24, 2.45) is 0 Å². The van der Waals surface area contributed by atoms with Gasteiger partial charge >= 0.3 is 0 Å². The van der Waals surface area contributed by atoms with Crippen LogP contribution in [0.4, 0.5) is 17.1 Å². The molecular weight excluding hydrogens is 554 g/mol. The van der Waals surface area contributed by atoms with Crippen LogP contribution < -0.4 is 4.90 Å². The van der Waals surface area contributed by atoms with Gasteiger partial charge in [0.25, 0.3) is 0 Å². The molecule has 0 radical (unpaired) electrons. The van der Waals surface area contributed by atoms with E-state index in [0.29, 0.717) is 11.1 Å². The number of hydrogen-bond donors (Lipinski definition) is 0. The average Bonchev–Trinajstić information content (AvgIpc) is 3.03. The minimum absolute atomic E-state index is 0.0325. The number of ketones is 1. The molecule has 0 atom stereocenters. The van der Waals surface area contributed by atoms with Crippen LogP contribution in [0.3, 0.4) is 0 Å². The summed E-state index contributed by atoms with van der Waals surface area (Å²) in [5, 5.41) is 0. The van der Waals surface area contributed by atoms with Gasteiger partial charge in [-0.3, -0.25) is 4.79 Å². The maximum Gasteiger partial charge on any atom is 0.196 e. The van der Waals surface area contributed by atoms with Gasteiger partial charge in [0.05, 0.1) is 5.69 Å². The fourth-order valence-corrected chi connectivity index (χ4v) is 5.41. The third-order valence-electron chi connectivity index (χ3n) is 6.97. The predicted molar refractivity (Wildman–Crippen MR) is 170 cm³/mol. The number of para-hydroxylation sites is 1. The Hall–Kier alpha value is -4.73. The molecule has 0 saturated heterocycles. The average molecular weight is 581 g/mol. The molecule has 0 amide bonds. The first-order valence-electron chi connectivity index (χ1n) is 13.2. The number of halogens is 1. The van der Waals surface area contributed by atoms with E-state index in [2.05, 4.69) is 93.6 Å². The molecule has 6 aromatic carbocycles. The van der Waals surface area contributed by atoms with E-state index in [1.807, 2.05) is 84.9 Å². The van der Waals surface area contributed by atoms with Gasteiger partial charge in [0, 0.05) is 27.0 Å². The van der Waals surface area contributed by atoms with Crippen LogP contribution in [0.15, 0.2) is 162 Å². The second kappa shape index (κ2) is 11.6. The number of benzene rings is 6. The largest absolute Gasteiger partial charge is 0.310 e. The Kier molecular flexibility index (Phi) is 7.39. The zero-order valence-electron chi connectivity index (χ0n) is 21.7. The molecule has 6 rings (SSSR count). The highest BCUT2D eigenvalue weighted by atomic mass is 79.9. The molecule has 6 aromatic rings. The van der Waals surface area contributed by atoms with Crippen LogP contribution in [-0.2, 0) is 0 Å². The van der Waals surface area contributed by atoms with Gasteiger partial charge in [0.2, 0.25) is 0 Å². The third kappa shape index (κ3) is 5.25. The molecule has 0 unspecified atom stereocenters. The Bertz CT molecular complexity index is 1660. The van der Waals surface area contributed by atoms with Crippen molar-refractivity contribution in [3.8, 4) is 22.3 Å². The quantitative estimate of drug-likeness (QED) is 0.175. The summed E-state index contributed by atoms with van der Waals surface area (Å²) in [5.74, 6) is -0.0325. The van der Waals surface area contributed by atoms with Crippen molar-refractivity contribution in [2.45, 2.75) is 0 Å². The van der Waals surface area contributed by atoms with E-state index in [-0.39, 0.29) is 5.78 Å². The van der Waals surface area contributed by atoms with Crippen molar-refractivity contribution < 1.29 is 4.79 Å². The molecule has 0 bridgehead atoms. The van der Waals surface area contributed by atoms with Crippen LogP contribution in [0.2, 0.25) is 0 Å². The van der Waals surface area contributed by atoms with Crippen molar-refractivity contribution in [3.63, 3.8) is 0 Å². The summed E-state index contributed by atoms with van der Waals surface area (Å²) >= 11 is 3.57. The number of anilines is 3. The Labute approximate surface area is 243 Å². The first kappa shape index (κ1) is 25.5. The van der Waals surface area contributed by atoms with Crippen LogP contribution in [0.5, 0.6) is 0 Å². The second-order valence-electron chi connectivity index (χ2n) is 9.49. The lowest BCUT2D eigenvalue weighted by atomic mass is 9.99. The highest BCUT2D eigenvalue weighted by molar-refractivity contribution is 9.10. The Balaban J connectivity index is 1.47. The lowest BCUT2D eigenvalue weighted by Crippen LogP contribution is -2.15. The summed E-state index contributed by atoms with van der Waals surface area (Å²) in [7, 11) is 0. The second-order valence-corrected chi connectivity index (χ2v) is 10.3. The molecule has 0 aliphatic heterocycles. The first-order chi connectivity index (χ1) is 19.7. The zero-order chi connectivity index (χ0) is 27.3. The molecular formula is C37H26BrNO. The fourth-order valence-electron chi connectivity index (χ4n) is 4.95. The molecule has 40 heavy (non-hydrogen) atoms. The van der Waals surface area contributed by atoms with Crippen molar-refractivity contribution >= 4 is 38.8 Å². The van der Waals surface area contributed by atoms with E-state index >= 15 is 0 Å². The molecule has 192 valence electrons. The molecule has 0 aliphatic rings. The van der Waals surface area contributed by atoms with E-state index in [9.17, 15) is 4.79 Å². The minimum atomic E-state index is -0.0325. The van der Waals surface area contributed by atoms with Gasteiger partial charge in [0.15, 0.2) is 5.78 Å². The normalized spacial score (nSPS) is 10.7. The van der Waals surface area contributed by atoms with Crippen LogP contribution >= 0.6 is 15.9 Å². The highest BCUT2D eigenvalue weighted by Crippen LogP contribution is 2.39. The number of nitrogens with zero attached hydrogens (tertiary/aromatic N) is 1. The Morgan fingerprint density at radius 2 is 0.825 bits per heavy atom. The van der Waals surface area contributed by atoms with Crippen LogP contribution in [0.25, 0.3) is 22.3 Å². The number of rotatable bonds is 7. The Morgan fingerprint density at radius 1 is 0.425 bits per heavy atom. The molecule has 0 saturated carbocycles.